The molecule has 1 aliphatic rings. The van der Waals surface area contributed by atoms with E-state index < -0.39 is 6.10 Å². The topological polar surface area (TPSA) is 44.7 Å². The fourth-order valence-electron chi connectivity index (χ4n) is 2.58. The maximum atomic E-state index is 10.1. The van der Waals surface area contributed by atoms with Crippen LogP contribution < -0.4 is 10.1 Å². The van der Waals surface area contributed by atoms with Crippen LogP contribution in [0.5, 0.6) is 5.75 Å². The average molecular weight is 278 g/mol. The lowest BCUT2D eigenvalue weighted by Gasteiger charge is -2.29. The smallest absolute Gasteiger partial charge is 0.122 e. The van der Waals surface area contributed by atoms with Crippen molar-refractivity contribution in [2.45, 2.75) is 26.9 Å². The Morgan fingerprint density at radius 3 is 2.65 bits per heavy atom. The van der Waals surface area contributed by atoms with Gasteiger partial charge in [-0.3, -0.25) is 4.90 Å². The zero-order valence-electron chi connectivity index (χ0n) is 12.8. The summed E-state index contributed by atoms with van der Waals surface area (Å²) in [5.41, 5.74) is 3.58. The van der Waals surface area contributed by atoms with Crippen molar-refractivity contribution in [3.05, 3.63) is 28.8 Å². The normalized spacial score (nSPS) is 18.0. The van der Waals surface area contributed by atoms with E-state index >= 15 is 0 Å². The van der Waals surface area contributed by atoms with Gasteiger partial charge in [0, 0.05) is 32.7 Å². The quantitative estimate of drug-likeness (QED) is 0.851. The molecule has 0 bridgehead atoms. The molecular formula is C16H26N2O2. The molecule has 4 heteroatoms. The first-order valence-corrected chi connectivity index (χ1v) is 7.38. The third-order valence-electron chi connectivity index (χ3n) is 3.87. The molecular weight excluding hydrogens is 252 g/mol. The summed E-state index contributed by atoms with van der Waals surface area (Å²) in [7, 11) is 0. The van der Waals surface area contributed by atoms with Gasteiger partial charge in [0.25, 0.3) is 0 Å². The predicted octanol–water partition coefficient (Wildman–Crippen LogP) is 1.26. The highest BCUT2D eigenvalue weighted by Crippen LogP contribution is 2.23. The highest BCUT2D eigenvalue weighted by molar-refractivity contribution is 5.41. The molecule has 1 saturated heterocycles. The van der Waals surface area contributed by atoms with E-state index in [1.807, 2.05) is 6.07 Å². The molecule has 0 aliphatic carbocycles. The summed E-state index contributed by atoms with van der Waals surface area (Å²) >= 11 is 0. The summed E-state index contributed by atoms with van der Waals surface area (Å²) in [6.07, 6.45) is -0.437. The molecule has 0 aromatic heterocycles. The van der Waals surface area contributed by atoms with Gasteiger partial charge in [-0.05, 0) is 43.5 Å². The van der Waals surface area contributed by atoms with Crippen molar-refractivity contribution in [2.24, 2.45) is 0 Å². The molecule has 2 N–H and O–H groups in total. The molecule has 1 aromatic carbocycles. The van der Waals surface area contributed by atoms with Gasteiger partial charge in [-0.15, -0.1) is 0 Å². The van der Waals surface area contributed by atoms with E-state index in [2.05, 4.69) is 37.1 Å². The van der Waals surface area contributed by atoms with Crippen LogP contribution in [-0.2, 0) is 0 Å². The molecule has 1 aromatic rings. The minimum absolute atomic E-state index is 0.355. The fourth-order valence-corrected chi connectivity index (χ4v) is 2.58. The van der Waals surface area contributed by atoms with E-state index in [9.17, 15) is 5.11 Å². The van der Waals surface area contributed by atoms with Crippen LogP contribution in [0.15, 0.2) is 12.1 Å². The third kappa shape index (κ3) is 4.20. The SMILES string of the molecule is Cc1cc(C)c(C)c(OCC(O)CN2CCNCC2)c1. The standard InChI is InChI=1S/C16H26N2O2/c1-12-8-13(2)14(3)16(9-12)20-11-15(19)10-18-6-4-17-5-7-18/h8-9,15,17,19H,4-7,10-11H2,1-3H3. The van der Waals surface area contributed by atoms with Crippen LogP contribution in [-0.4, -0.2) is 55.4 Å². The molecule has 1 fully saturated rings. The summed E-state index contributed by atoms with van der Waals surface area (Å²) in [5, 5.41) is 13.4. The highest BCUT2D eigenvalue weighted by atomic mass is 16.5. The van der Waals surface area contributed by atoms with Crippen LogP contribution >= 0.6 is 0 Å². The Hall–Kier alpha value is -1.10. The van der Waals surface area contributed by atoms with Crippen molar-refractivity contribution in [3.63, 3.8) is 0 Å². The largest absolute Gasteiger partial charge is 0.491 e. The van der Waals surface area contributed by atoms with Crippen molar-refractivity contribution in [1.82, 2.24) is 10.2 Å². The minimum Gasteiger partial charge on any atom is -0.491 e. The van der Waals surface area contributed by atoms with Crippen molar-refractivity contribution in [1.29, 1.82) is 0 Å². The molecule has 4 nitrogen and oxygen atoms in total. The molecule has 112 valence electrons. The zero-order chi connectivity index (χ0) is 14.5. The number of hydrogen-bond acceptors (Lipinski definition) is 4. The van der Waals surface area contributed by atoms with Crippen LogP contribution in [0.1, 0.15) is 16.7 Å². The maximum absolute atomic E-state index is 10.1. The molecule has 0 amide bonds. The molecule has 0 saturated carbocycles. The van der Waals surface area contributed by atoms with E-state index in [0.29, 0.717) is 13.2 Å². The lowest BCUT2D eigenvalue weighted by Crippen LogP contribution is -2.47. The number of β-amino-alcohol motifs (C(OH)–C–C–N with tert-alkyl or cyclic N) is 1. The molecule has 2 rings (SSSR count). The monoisotopic (exact) mass is 278 g/mol. The maximum Gasteiger partial charge on any atom is 0.122 e. The van der Waals surface area contributed by atoms with Gasteiger partial charge >= 0.3 is 0 Å². The molecule has 1 aliphatic heterocycles. The van der Waals surface area contributed by atoms with Crippen LogP contribution in [0.2, 0.25) is 0 Å². The van der Waals surface area contributed by atoms with E-state index in [1.54, 1.807) is 0 Å². The van der Waals surface area contributed by atoms with Gasteiger partial charge in [0.2, 0.25) is 0 Å². The van der Waals surface area contributed by atoms with Crippen molar-refractivity contribution < 1.29 is 9.84 Å². The van der Waals surface area contributed by atoms with Crippen molar-refractivity contribution >= 4 is 0 Å². The lowest BCUT2D eigenvalue weighted by atomic mass is 10.1. The number of nitrogens with one attached hydrogen (secondary N) is 1. The van der Waals surface area contributed by atoms with Crippen LogP contribution in [0.4, 0.5) is 0 Å². The minimum atomic E-state index is -0.437. The molecule has 0 radical (unpaired) electrons. The Morgan fingerprint density at radius 2 is 1.95 bits per heavy atom. The van der Waals surface area contributed by atoms with E-state index in [-0.39, 0.29) is 0 Å². The Morgan fingerprint density at radius 1 is 1.25 bits per heavy atom. The van der Waals surface area contributed by atoms with Crippen molar-refractivity contribution in [3.8, 4) is 5.75 Å². The second kappa shape index (κ2) is 7.07. The number of piperazine rings is 1. The van der Waals surface area contributed by atoms with E-state index in [4.69, 9.17) is 4.74 Å². The Balaban J connectivity index is 1.85. The first-order chi connectivity index (χ1) is 9.56. The Bertz CT molecular complexity index is 442. The number of benzene rings is 1. The number of aryl methyl sites for hydroxylation is 2. The van der Waals surface area contributed by atoms with Gasteiger partial charge in [-0.1, -0.05) is 6.07 Å². The Kier molecular flexibility index (Phi) is 5.40. The number of rotatable bonds is 5. The van der Waals surface area contributed by atoms with Gasteiger partial charge in [0.15, 0.2) is 0 Å². The fraction of sp³-hybridized carbons (Fsp3) is 0.625. The van der Waals surface area contributed by atoms with Gasteiger partial charge in [0.1, 0.15) is 18.5 Å². The number of aliphatic hydroxyl groups is 1. The molecule has 1 heterocycles. The number of aliphatic hydroxyl groups excluding tert-OH is 1. The second-order valence-corrected chi connectivity index (χ2v) is 5.72. The molecule has 1 unspecified atom stereocenters. The number of nitrogens with zero attached hydrogens (tertiary/aromatic N) is 1. The first kappa shape index (κ1) is 15.3. The van der Waals surface area contributed by atoms with E-state index in [1.165, 1.54) is 11.1 Å². The summed E-state index contributed by atoms with van der Waals surface area (Å²) in [4.78, 5) is 2.28. The third-order valence-corrected chi connectivity index (χ3v) is 3.87. The number of ether oxygens (including phenoxy) is 1. The van der Waals surface area contributed by atoms with Crippen LogP contribution in [0.25, 0.3) is 0 Å². The van der Waals surface area contributed by atoms with Gasteiger partial charge < -0.3 is 15.2 Å². The highest BCUT2D eigenvalue weighted by Gasteiger charge is 2.15. The summed E-state index contributed by atoms with van der Waals surface area (Å²) in [6.45, 7) is 11.3. The van der Waals surface area contributed by atoms with Gasteiger partial charge in [0.05, 0.1) is 0 Å². The first-order valence-electron chi connectivity index (χ1n) is 7.38. The molecule has 20 heavy (non-hydrogen) atoms. The summed E-state index contributed by atoms with van der Waals surface area (Å²) < 4.78 is 5.81. The summed E-state index contributed by atoms with van der Waals surface area (Å²) in [5.74, 6) is 0.891. The Labute approximate surface area is 121 Å². The van der Waals surface area contributed by atoms with Crippen molar-refractivity contribution in [2.75, 3.05) is 39.3 Å². The van der Waals surface area contributed by atoms with E-state index in [0.717, 1.165) is 37.5 Å². The average Bonchev–Trinajstić information content (AvgIpc) is 2.42. The lowest BCUT2D eigenvalue weighted by molar-refractivity contribution is 0.0639. The molecule has 1 atom stereocenters. The van der Waals surface area contributed by atoms with Crippen LogP contribution in [0, 0.1) is 20.8 Å². The number of hydrogen-bond donors (Lipinski definition) is 2. The van der Waals surface area contributed by atoms with Gasteiger partial charge in [-0.25, -0.2) is 0 Å². The van der Waals surface area contributed by atoms with Gasteiger partial charge in [-0.2, -0.15) is 0 Å². The second-order valence-electron chi connectivity index (χ2n) is 5.72. The summed E-state index contributed by atoms with van der Waals surface area (Å²) in [6, 6.07) is 4.19. The predicted molar refractivity (Wildman–Crippen MR) is 81.5 cm³/mol. The molecule has 0 spiro atoms. The zero-order valence-corrected chi connectivity index (χ0v) is 12.8. The van der Waals surface area contributed by atoms with Crippen LogP contribution in [0.3, 0.4) is 0 Å².